The molecule has 31 heavy (non-hydrogen) atoms. The largest absolute Gasteiger partial charge is 0.493 e. The summed E-state index contributed by atoms with van der Waals surface area (Å²) in [6, 6.07) is 4.99. The molecule has 0 saturated carbocycles. The Labute approximate surface area is 182 Å². The van der Waals surface area contributed by atoms with Gasteiger partial charge in [-0.25, -0.2) is 14.4 Å². The predicted octanol–water partition coefficient (Wildman–Crippen LogP) is 3.54. The van der Waals surface area contributed by atoms with Crippen molar-refractivity contribution >= 4 is 23.9 Å². The molecule has 158 valence electrons. The highest BCUT2D eigenvalue weighted by molar-refractivity contribution is 5.85. The van der Waals surface area contributed by atoms with Crippen molar-refractivity contribution in [2.24, 2.45) is 0 Å². The van der Waals surface area contributed by atoms with Crippen LogP contribution in [0.15, 0.2) is 36.9 Å². The first-order valence-corrected chi connectivity index (χ1v) is 9.65. The van der Waals surface area contributed by atoms with Gasteiger partial charge < -0.3 is 14.8 Å². The van der Waals surface area contributed by atoms with Crippen LogP contribution in [0.3, 0.4) is 0 Å². The predicted molar refractivity (Wildman–Crippen MR) is 113 cm³/mol. The summed E-state index contributed by atoms with van der Waals surface area (Å²) in [5, 5.41) is 11.6. The van der Waals surface area contributed by atoms with E-state index >= 15 is 0 Å². The topological polar surface area (TPSA) is 86.5 Å². The number of hydrogen-bond acceptors (Lipinski definition) is 7. The summed E-state index contributed by atoms with van der Waals surface area (Å²) in [7, 11) is 0. The Kier molecular flexibility index (Phi) is 4.62. The highest BCUT2D eigenvalue weighted by atomic mass is 35.5. The molecule has 0 fully saturated rings. The number of fused-ring (bicyclic) bond motifs is 3. The summed E-state index contributed by atoms with van der Waals surface area (Å²) in [6.07, 6.45) is 5.11. The fraction of sp³-hybridized carbons (Fsp3) is 0.238. The lowest BCUT2D eigenvalue weighted by molar-refractivity contribution is 0.249. The number of pyridine rings is 1. The van der Waals surface area contributed by atoms with E-state index in [9.17, 15) is 4.39 Å². The van der Waals surface area contributed by atoms with Crippen LogP contribution in [0, 0.1) is 12.7 Å². The van der Waals surface area contributed by atoms with E-state index in [-0.39, 0.29) is 24.1 Å². The summed E-state index contributed by atoms with van der Waals surface area (Å²) < 4.78 is 28.4. The number of halogens is 2. The third-order valence-corrected chi connectivity index (χ3v) is 5.54. The van der Waals surface area contributed by atoms with Crippen molar-refractivity contribution in [3.8, 4) is 22.9 Å². The van der Waals surface area contributed by atoms with Crippen molar-refractivity contribution in [1.82, 2.24) is 24.6 Å². The van der Waals surface area contributed by atoms with Crippen molar-refractivity contribution in [3.63, 3.8) is 0 Å². The monoisotopic (exact) mass is 440 g/mol. The normalized spacial score (nSPS) is 16.5. The molecule has 0 spiro atoms. The van der Waals surface area contributed by atoms with E-state index in [0.29, 0.717) is 53.9 Å². The molecule has 5 heterocycles. The van der Waals surface area contributed by atoms with Gasteiger partial charge in [0.1, 0.15) is 17.9 Å². The molecule has 0 amide bonds. The van der Waals surface area contributed by atoms with Gasteiger partial charge >= 0.3 is 0 Å². The number of anilines is 1. The summed E-state index contributed by atoms with van der Waals surface area (Å²) in [4.78, 5) is 8.87. The zero-order valence-corrected chi connectivity index (χ0v) is 17.3. The number of nitrogens with one attached hydrogen (secondary N) is 1. The molecule has 3 aromatic heterocycles. The third kappa shape index (κ3) is 3.04. The van der Waals surface area contributed by atoms with Gasteiger partial charge in [-0.1, -0.05) is 0 Å². The lowest BCUT2D eigenvalue weighted by atomic mass is 9.96. The Balaban J connectivity index is 0.00000204. The Morgan fingerprint density at radius 2 is 1.90 bits per heavy atom. The van der Waals surface area contributed by atoms with E-state index < -0.39 is 0 Å². The van der Waals surface area contributed by atoms with Gasteiger partial charge in [0, 0.05) is 30.1 Å². The molecule has 10 heteroatoms. The number of hydrogen-bond donors (Lipinski definition) is 1. The molecular weight excluding hydrogens is 423 g/mol. The molecule has 0 bridgehead atoms. The minimum atomic E-state index is -0.259. The van der Waals surface area contributed by atoms with E-state index in [2.05, 4.69) is 25.5 Å². The summed E-state index contributed by atoms with van der Waals surface area (Å²) in [5.41, 5.74) is 3.73. The van der Waals surface area contributed by atoms with Crippen molar-refractivity contribution in [1.29, 1.82) is 0 Å². The van der Waals surface area contributed by atoms with Crippen LogP contribution in [0.1, 0.15) is 22.6 Å². The van der Waals surface area contributed by atoms with Crippen molar-refractivity contribution in [2.45, 2.75) is 19.4 Å². The van der Waals surface area contributed by atoms with E-state index in [1.165, 1.54) is 6.07 Å². The molecule has 0 unspecified atom stereocenters. The van der Waals surface area contributed by atoms with E-state index in [1.54, 1.807) is 29.2 Å². The Morgan fingerprint density at radius 3 is 2.71 bits per heavy atom. The number of benzene rings is 1. The van der Waals surface area contributed by atoms with Gasteiger partial charge in [0.2, 0.25) is 0 Å². The number of aryl methyl sites for hydroxylation is 1. The summed E-state index contributed by atoms with van der Waals surface area (Å²) >= 11 is 0. The molecule has 0 saturated heterocycles. The summed E-state index contributed by atoms with van der Waals surface area (Å²) in [6.45, 7) is 3.05. The minimum absolute atomic E-state index is 0. The molecule has 2 aliphatic rings. The van der Waals surface area contributed by atoms with Gasteiger partial charge in [-0.15, -0.1) is 22.6 Å². The average molecular weight is 441 g/mol. The first-order valence-electron chi connectivity index (χ1n) is 9.65. The Bertz CT molecular complexity index is 1290. The van der Waals surface area contributed by atoms with Crippen molar-refractivity contribution in [2.75, 3.05) is 18.5 Å². The van der Waals surface area contributed by atoms with E-state index in [1.807, 2.05) is 13.0 Å². The highest BCUT2D eigenvalue weighted by Gasteiger charge is 2.31. The first kappa shape index (κ1) is 19.5. The average Bonchev–Trinajstić information content (AvgIpc) is 3.40. The molecule has 0 radical (unpaired) electrons. The fourth-order valence-corrected chi connectivity index (χ4v) is 4.08. The van der Waals surface area contributed by atoms with Crippen LogP contribution < -0.4 is 14.8 Å². The Morgan fingerprint density at radius 1 is 1.13 bits per heavy atom. The number of nitrogens with zero attached hydrogens (tertiary/aromatic N) is 5. The molecule has 1 atom stereocenters. The maximum atomic E-state index is 14.7. The number of aromatic nitrogens is 5. The number of rotatable bonds is 1. The fourth-order valence-electron chi connectivity index (χ4n) is 4.08. The minimum Gasteiger partial charge on any atom is -0.493 e. The lowest BCUT2D eigenvalue weighted by Gasteiger charge is -2.16. The third-order valence-electron chi connectivity index (χ3n) is 5.54. The second kappa shape index (κ2) is 7.35. The van der Waals surface area contributed by atoms with Gasteiger partial charge in [-0.3, -0.25) is 4.40 Å². The van der Waals surface area contributed by atoms with Crippen LogP contribution in [-0.4, -0.2) is 37.8 Å². The Hall–Kier alpha value is -3.46. The quantitative estimate of drug-likeness (QED) is 0.484. The first-order chi connectivity index (χ1) is 14.7. The van der Waals surface area contributed by atoms with Crippen LogP contribution in [0.25, 0.3) is 17.0 Å². The standard InChI is InChI=1S/C21H17FN6O2.ClH/c1-11-5-23-19(24-6-11)13-4-17-21(28-10-26-27-20(13)28)25-7-14-15(22)2-3-16-18(14)12(8-29-16)9-30-17;/h2-6,10,12,25H,7-9H2,1H3;1H/t12-;/m0./s1. The van der Waals surface area contributed by atoms with E-state index in [4.69, 9.17) is 9.47 Å². The zero-order valence-electron chi connectivity index (χ0n) is 16.5. The smallest absolute Gasteiger partial charge is 0.173 e. The molecule has 4 aromatic rings. The maximum Gasteiger partial charge on any atom is 0.173 e. The zero-order chi connectivity index (χ0) is 20.2. The van der Waals surface area contributed by atoms with Crippen molar-refractivity contribution in [3.05, 3.63) is 59.4 Å². The molecule has 0 aliphatic carbocycles. The van der Waals surface area contributed by atoms with Gasteiger partial charge in [-0.05, 0) is 30.7 Å². The second-order valence-electron chi connectivity index (χ2n) is 7.49. The molecule has 1 aromatic carbocycles. The molecular formula is C21H18ClFN6O2. The van der Waals surface area contributed by atoms with Crippen molar-refractivity contribution < 1.29 is 13.9 Å². The van der Waals surface area contributed by atoms with Crippen LogP contribution in [0.2, 0.25) is 0 Å². The van der Waals surface area contributed by atoms with Gasteiger partial charge in [0.05, 0.1) is 24.7 Å². The van der Waals surface area contributed by atoms with Crippen LogP contribution in [0.5, 0.6) is 11.5 Å². The second-order valence-corrected chi connectivity index (χ2v) is 7.49. The van der Waals surface area contributed by atoms with Crippen LogP contribution in [-0.2, 0) is 6.54 Å². The van der Waals surface area contributed by atoms with E-state index in [0.717, 1.165) is 16.9 Å². The number of ether oxygens (including phenoxy) is 2. The molecule has 6 rings (SSSR count). The van der Waals surface area contributed by atoms with Gasteiger partial charge in [0.25, 0.3) is 0 Å². The molecule has 2 aliphatic heterocycles. The summed E-state index contributed by atoms with van der Waals surface area (Å²) in [5.74, 6) is 2.20. The molecule has 1 N–H and O–H groups in total. The van der Waals surface area contributed by atoms with Crippen LogP contribution >= 0.6 is 12.4 Å². The SMILES string of the molecule is Cc1cnc(-c2cc3c(n4cnnc24)NCc2c(F)ccc4c2[C@@H](CO4)CO3)nc1.Cl. The van der Waals surface area contributed by atoms with Crippen LogP contribution in [0.4, 0.5) is 10.2 Å². The van der Waals surface area contributed by atoms with Gasteiger partial charge in [-0.2, -0.15) is 0 Å². The lowest BCUT2D eigenvalue weighted by Crippen LogP contribution is -2.13. The highest BCUT2D eigenvalue weighted by Crippen LogP contribution is 2.41. The van der Waals surface area contributed by atoms with Gasteiger partial charge in [0.15, 0.2) is 23.0 Å². The maximum absolute atomic E-state index is 14.7. The molecule has 8 nitrogen and oxygen atoms in total.